The van der Waals surface area contributed by atoms with E-state index in [0.717, 1.165) is 16.9 Å². The maximum atomic E-state index is 12.6. The number of ether oxygens (including phenoxy) is 2. The minimum atomic E-state index is -0.586. The van der Waals surface area contributed by atoms with E-state index in [1.807, 2.05) is 42.5 Å². The first-order valence-corrected chi connectivity index (χ1v) is 7.35. The lowest BCUT2D eigenvalue weighted by atomic mass is 10.1. The lowest BCUT2D eigenvalue weighted by molar-refractivity contribution is -0.128. The van der Waals surface area contributed by atoms with Gasteiger partial charge in [-0.25, -0.2) is 9.69 Å². The van der Waals surface area contributed by atoms with Crippen LogP contribution in [0.15, 0.2) is 54.6 Å². The quantitative estimate of drug-likeness (QED) is 0.871. The molecule has 1 heterocycles. The van der Waals surface area contributed by atoms with Gasteiger partial charge in [-0.05, 0) is 23.3 Å². The van der Waals surface area contributed by atoms with Crippen LogP contribution in [0.4, 0.5) is 4.79 Å². The second kappa shape index (κ2) is 6.52. The molecule has 23 heavy (non-hydrogen) atoms. The number of imide groups is 1. The molecule has 1 aliphatic heterocycles. The van der Waals surface area contributed by atoms with Crippen molar-refractivity contribution in [3.63, 3.8) is 0 Å². The number of benzene rings is 2. The molecule has 5 heteroatoms. The van der Waals surface area contributed by atoms with Gasteiger partial charge in [0, 0.05) is 0 Å². The molecular formula is C18H17NO4. The van der Waals surface area contributed by atoms with Crippen molar-refractivity contribution in [3.8, 4) is 5.75 Å². The third-order valence-electron chi connectivity index (χ3n) is 3.84. The summed E-state index contributed by atoms with van der Waals surface area (Å²) in [5.74, 6) is 0.454. The van der Waals surface area contributed by atoms with Crippen LogP contribution in [-0.4, -0.2) is 30.6 Å². The normalized spacial score (nSPS) is 17.0. The van der Waals surface area contributed by atoms with Crippen LogP contribution in [0.3, 0.4) is 0 Å². The number of hydrogen-bond acceptors (Lipinski definition) is 4. The van der Waals surface area contributed by atoms with Gasteiger partial charge >= 0.3 is 6.09 Å². The molecule has 0 radical (unpaired) electrons. The fourth-order valence-electron chi connectivity index (χ4n) is 2.62. The number of amides is 2. The minimum absolute atomic E-state index is 0.141. The number of methoxy groups -OCH3 is 1. The first-order valence-electron chi connectivity index (χ1n) is 7.35. The van der Waals surface area contributed by atoms with Gasteiger partial charge < -0.3 is 9.47 Å². The number of cyclic esters (lactones) is 1. The van der Waals surface area contributed by atoms with Crippen LogP contribution in [0.25, 0.3) is 0 Å². The van der Waals surface area contributed by atoms with Crippen molar-refractivity contribution in [2.75, 3.05) is 13.7 Å². The Morgan fingerprint density at radius 2 is 1.87 bits per heavy atom. The molecule has 0 bridgehead atoms. The molecule has 0 aromatic heterocycles. The molecule has 0 saturated carbocycles. The maximum absolute atomic E-state index is 12.6. The Bertz CT molecular complexity index is 697. The monoisotopic (exact) mass is 311 g/mol. The third kappa shape index (κ3) is 3.18. The molecular weight excluding hydrogens is 294 g/mol. The topological polar surface area (TPSA) is 55.8 Å². The predicted octanol–water partition coefficient (Wildman–Crippen LogP) is 2.96. The van der Waals surface area contributed by atoms with Gasteiger partial charge in [-0.1, -0.05) is 42.5 Å². The van der Waals surface area contributed by atoms with Crippen LogP contribution in [-0.2, 0) is 16.0 Å². The second-order valence-corrected chi connectivity index (χ2v) is 5.29. The van der Waals surface area contributed by atoms with E-state index in [1.54, 1.807) is 19.2 Å². The predicted molar refractivity (Wildman–Crippen MR) is 84.1 cm³/mol. The number of nitrogens with zero attached hydrogens (tertiary/aromatic N) is 1. The fourth-order valence-corrected chi connectivity index (χ4v) is 2.62. The summed E-state index contributed by atoms with van der Waals surface area (Å²) < 4.78 is 10.2. The molecule has 2 aromatic carbocycles. The zero-order chi connectivity index (χ0) is 16.2. The van der Waals surface area contributed by atoms with E-state index in [2.05, 4.69) is 0 Å². The van der Waals surface area contributed by atoms with Crippen molar-refractivity contribution in [2.24, 2.45) is 0 Å². The molecule has 0 unspecified atom stereocenters. The van der Waals surface area contributed by atoms with Crippen molar-refractivity contribution in [1.29, 1.82) is 0 Å². The van der Waals surface area contributed by atoms with E-state index in [4.69, 9.17) is 9.47 Å². The molecule has 1 aliphatic rings. The molecule has 2 aromatic rings. The summed E-state index contributed by atoms with van der Waals surface area (Å²) in [6.07, 6.45) is -0.444. The van der Waals surface area contributed by atoms with Crippen LogP contribution >= 0.6 is 0 Å². The largest absolute Gasteiger partial charge is 0.497 e. The molecule has 5 nitrogen and oxygen atoms in total. The summed E-state index contributed by atoms with van der Waals surface area (Å²) in [5, 5.41) is 0. The Hall–Kier alpha value is -2.82. The third-order valence-corrected chi connectivity index (χ3v) is 3.84. The summed E-state index contributed by atoms with van der Waals surface area (Å²) in [7, 11) is 1.59. The molecule has 1 atom stereocenters. The average molecular weight is 311 g/mol. The highest BCUT2D eigenvalue weighted by Crippen LogP contribution is 2.28. The zero-order valence-corrected chi connectivity index (χ0v) is 12.8. The van der Waals surface area contributed by atoms with Crippen molar-refractivity contribution in [3.05, 3.63) is 65.7 Å². The Morgan fingerprint density at radius 1 is 1.17 bits per heavy atom. The number of carbonyl (C=O) groups is 2. The molecule has 0 spiro atoms. The number of carbonyl (C=O) groups excluding carboxylic acids is 2. The summed E-state index contributed by atoms with van der Waals surface area (Å²) in [5.41, 5.74) is 1.71. The Balaban J connectivity index is 1.77. The standard InChI is InChI=1S/C18H17NO4/c1-22-15-9-7-13(8-10-15)11-17(20)19-16(12-23-18(19)21)14-5-3-2-4-6-14/h2-10,16H,11-12H2,1H3/t16-/m1/s1. The van der Waals surface area contributed by atoms with Gasteiger partial charge in [-0.3, -0.25) is 4.79 Å². The van der Waals surface area contributed by atoms with Crippen LogP contribution in [0.5, 0.6) is 5.75 Å². The summed E-state index contributed by atoms with van der Waals surface area (Å²) in [6.45, 7) is 0.192. The van der Waals surface area contributed by atoms with E-state index < -0.39 is 6.09 Å². The van der Waals surface area contributed by atoms with Gasteiger partial charge in [0.05, 0.1) is 13.5 Å². The van der Waals surface area contributed by atoms with E-state index in [0.29, 0.717) is 0 Å². The van der Waals surface area contributed by atoms with Crippen molar-refractivity contribution >= 4 is 12.0 Å². The van der Waals surface area contributed by atoms with Gasteiger partial charge in [-0.2, -0.15) is 0 Å². The lowest BCUT2D eigenvalue weighted by Crippen LogP contribution is -2.35. The molecule has 1 saturated heterocycles. The first kappa shape index (κ1) is 15.1. The first-order chi connectivity index (χ1) is 11.2. The smallest absolute Gasteiger partial charge is 0.417 e. The molecule has 0 aliphatic carbocycles. The Labute approximate surface area is 134 Å². The summed E-state index contributed by atoms with van der Waals surface area (Å²) >= 11 is 0. The number of hydrogen-bond donors (Lipinski definition) is 0. The van der Waals surface area contributed by atoms with E-state index in [9.17, 15) is 9.59 Å². The van der Waals surface area contributed by atoms with Gasteiger partial charge in [0.15, 0.2) is 0 Å². The van der Waals surface area contributed by atoms with Crippen LogP contribution < -0.4 is 4.74 Å². The Kier molecular flexibility index (Phi) is 4.28. The molecule has 2 amide bonds. The highest BCUT2D eigenvalue weighted by atomic mass is 16.6. The maximum Gasteiger partial charge on any atom is 0.417 e. The number of rotatable bonds is 4. The highest BCUT2D eigenvalue weighted by Gasteiger charge is 2.38. The zero-order valence-electron chi connectivity index (χ0n) is 12.8. The molecule has 0 N–H and O–H groups in total. The molecule has 1 fully saturated rings. The van der Waals surface area contributed by atoms with E-state index in [1.165, 1.54) is 4.90 Å². The van der Waals surface area contributed by atoms with Gasteiger partial charge in [-0.15, -0.1) is 0 Å². The second-order valence-electron chi connectivity index (χ2n) is 5.29. The van der Waals surface area contributed by atoms with E-state index in [-0.39, 0.29) is 25.0 Å². The summed E-state index contributed by atoms with van der Waals surface area (Å²) in [6, 6.07) is 16.3. The van der Waals surface area contributed by atoms with Crippen molar-refractivity contribution in [2.45, 2.75) is 12.5 Å². The van der Waals surface area contributed by atoms with Crippen LogP contribution in [0, 0.1) is 0 Å². The van der Waals surface area contributed by atoms with Crippen LogP contribution in [0.2, 0.25) is 0 Å². The highest BCUT2D eigenvalue weighted by molar-refractivity contribution is 5.94. The SMILES string of the molecule is COc1ccc(CC(=O)N2C(=O)OC[C@@H]2c2ccccc2)cc1. The summed E-state index contributed by atoms with van der Waals surface area (Å²) in [4.78, 5) is 25.7. The van der Waals surface area contributed by atoms with Crippen LogP contribution in [0.1, 0.15) is 17.2 Å². The van der Waals surface area contributed by atoms with Crippen molar-refractivity contribution < 1.29 is 19.1 Å². The minimum Gasteiger partial charge on any atom is -0.497 e. The van der Waals surface area contributed by atoms with E-state index >= 15 is 0 Å². The van der Waals surface area contributed by atoms with Gasteiger partial charge in [0.2, 0.25) is 5.91 Å². The Morgan fingerprint density at radius 3 is 2.52 bits per heavy atom. The van der Waals surface area contributed by atoms with Gasteiger partial charge in [0.1, 0.15) is 18.4 Å². The van der Waals surface area contributed by atoms with Gasteiger partial charge in [0.25, 0.3) is 0 Å². The lowest BCUT2D eigenvalue weighted by Gasteiger charge is -2.20. The van der Waals surface area contributed by atoms with Crippen molar-refractivity contribution in [1.82, 2.24) is 4.90 Å². The fraction of sp³-hybridized carbons (Fsp3) is 0.222. The average Bonchev–Trinajstić information content (AvgIpc) is 2.98. The molecule has 3 rings (SSSR count). The molecule has 118 valence electrons.